The molecule has 1 fully saturated rings. The fraction of sp³-hybridized carbons (Fsp3) is 0.625. The van der Waals surface area contributed by atoms with Gasteiger partial charge < -0.3 is 5.11 Å². The van der Waals surface area contributed by atoms with Crippen LogP contribution in [0.2, 0.25) is 0 Å². The lowest BCUT2D eigenvalue weighted by atomic mass is 10.1. The first kappa shape index (κ1) is 15.5. The molecule has 3 unspecified atom stereocenters. The Kier molecular flexibility index (Phi) is 4.55. The molecule has 112 valence electrons. The van der Waals surface area contributed by atoms with E-state index in [4.69, 9.17) is 0 Å². The Morgan fingerprint density at radius 3 is 2.45 bits per heavy atom. The van der Waals surface area contributed by atoms with Crippen molar-refractivity contribution in [3.8, 4) is 0 Å². The second-order valence-corrected chi connectivity index (χ2v) is 7.98. The Balaban J connectivity index is 2.35. The van der Waals surface area contributed by atoms with Gasteiger partial charge in [0.25, 0.3) is 0 Å². The number of hydrogen-bond donors (Lipinski definition) is 1. The van der Waals surface area contributed by atoms with E-state index in [1.807, 2.05) is 13.0 Å². The van der Waals surface area contributed by atoms with Gasteiger partial charge in [0.15, 0.2) is 9.84 Å². The molecule has 0 aliphatic heterocycles. The number of rotatable bonds is 7. The van der Waals surface area contributed by atoms with Crippen molar-refractivity contribution < 1.29 is 13.5 Å². The van der Waals surface area contributed by atoms with E-state index in [9.17, 15) is 13.5 Å². The van der Waals surface area contributed by atoms with Crippen LogP contribution in [0.1, 0.15) is 46.0 Å². The third-order valence-corrected chi connectivity index (χ3v) is 7.20. The van der Waals surface area contributed by atoms with E-state index in [-0.39, 0.29) is 5.92 Å². The molecule has 2 rings (SSSR count). The molecule has 1 aromatic carbocycles. The van der Waals surface area contributed by atoms with E-state index >= 15 is 0 Å². The normalized spacial score (nSPS) is 27.2. The Morgan fingerprint density at radius 1 is 1.30 bits per heavy atom. The van der Waals surface area contributed by atoms with E-state index in [0.29, 0.717) is 17.7 Å². The lowest BCUT2D eigenvalue weighted by Crippen LogP contribution is -2.38. The largest absolute Gasteiger partial charge is 0.391 e. The van der Waals surface area contributed by atoms with Crippen LogP contribution in [0, 0.1) is 5.92 Å². The van der Waals surface area contributed by atoms with Gasteiger partial charge in [-0.05, 0) is 30.9 Å². The van der Waals surface area contributed by atoms with Crippen molar-refractivity contribution in [2.24, 2.45) is 5.92 Å². The summed E-state index contributed by atoms with van der Waals surface area (Å²) in [5, 5.41) is 10.5. The van der Waals surface area contributed by atoms with E-state index in [0.717, 1.165) is 19.3 Å². The number of sulfone groups is 1. The highest BCUT2D eigenvalue weighted by Crippen LogP contribution is 2.57. The fourth-order valence-corrected chi connectivity index (χ4v) is 5.65. The van der Waals surface area contributed by atoms with E-state index in [2.05, 4.69) is 6.92 Å². The highest BCUT2D eigenvalue weighted by atomic mass is 32.2. The van der Waals surface area contributed by atoms with Crippen molar-refractivity contribution in [2.45, 2.75) is 61.7 Å². The minimum Gasteiger partial charge on any atom is -0.391 e. The van der Waals surface area contributed by atoms with Crippen LogP contribution in [0.5, 0.6) is 0 Å². The van der Waals surface area contributed by atoms with Gasteiger partial charge in [-0.25, -0.2) is 8.42 Å². The average Bonchev–Trinajstić information content (AvgIpc) is 3.22. The maximum Gasteiger partial charge on any atom is 0.186 e. The minimum absolute atomic E-state index is 0.0829. The smallest absolute Gasteiger partial charge is 0.186 e. The van der Waals surface area contributed by atoms with Crippen molar-refractivity contribution in [3.05, 3.63) is 30.3 Å². The van der Waals surface area contributed by atoms with Crippen LogP contribution in [-0.2, 0) is 9.84 Å². The number of aliphatic hydroxyl groups excluding tert-OH is 1. The van der Waals surface area contributed by atoms with Crippen LogP contribution in [0.25, 0.3) is 0 Å². The van der Waals surface area contributed by atoms with Gasteiger partial charge in [0, 0.05) is 0 Å². The molecule has 0 spiro atoms. The predicted octanol–water partition coefficient (Wildman–Crippen LogP) is 3.18. The van der Waals surface area contributed by atoms with Gasteiger partial charge in [-0.15, -0.1) is 0 Å². The molecule has 0 saturated heterocycles. The molecule has 1 aliphatic carbocycles. The van der Waals surface area contributed by atoms with E-state index in [1.165, 1.54) is 0 Å². The number of hydrogen-bond acceptors (Lipinski definition) is 3. The van der Waals surface area contributed by atoms with Crippen LogP contribution >= 0.6 is 0 Å². The van der Waals surface area contributed by atoms with Crippen molar-refractivity contribution in [1.29, 1.82) is 0 Å². The summed E-state index contributed by atoms with van der Waals surface area (Å²) in [6.07, 6.45) is 3.04. The van der Waals surface area contributed by atoms with Gasteiger partial charge in [-0.1, -0.05) is 51.3 Å². The average molecular weight is 296 g/mol. The van der Waals surface area contributed by atoms with Gasteiger partial charge >= 0.3 is 0 Å². The van der Waals surface area contributed by atoms with Crippen molar-refractivity contribution in [2.75, 3.05) is 0 Å². The highest BCUT2D eigenvalue weighted by Gasteiger charge is 2.66. The van der Waals surface area contributed by atoms with Crippen LogP contribution < -0.4 is 0 Å². The summed E-state index contributed by atoms with van der Waals surface area (Å²) in [6, 6.07) is 8.55. The Labute approximate surface area is 121 Å². The van der Waals surface area contributed by atoms with Crippen LogP contribution in [-0.4, -0.2) is 24.4 Å². The second-order valence-electron chi connectivity index (χ2n) is 5.74. The van der Waals surface area contributed by atoms with Crippen molar-refractivity contribution in [1.82, 2.24) is 0 Å². The molecule has 0 amide bonds. The topological polar surface area (TPSA) is 54.4 Å². The van der Waals surface area contributed by atoms with Gasteiger partial charge in [0.1, 0.15) is 4.75 Å². The molecule has 4 heteroatoms. The SMILES string of the molecule is CCCCC(O)C1(S(=O)(=O)c2ccccc2)CC1CC. The summed E-state index contributed by atoms with van der Waals surface area (Å²) >= 11 is 0. The molecular formula is C16H24O3S. The zero-order valence-corrected chi connectivity index (χ0v) is 13.1. The number of unbranched alkanes of at least 4 members (excludes halogenated alkanes) is 1. The summed E-state index contributed by atoms with van der Waals surface area (Å²) in [7, 11) is -3.47. The fourth-order valence-electron chi connectivity index (χ4n) is 3.19. The van der Waals surface area contributed by atoms with Gasteiger partial charge in [-0.2, -0.15) is 0 Å². The first-order valence-electron chi connectivity index (χ1n) is 7.48. The molecule has 1 aliphatic rings. The monoisotopic (exact) mass is 296 g/mol. The molecule has 0 aromatic heterocycles. The molecule has 1 aromatic rings. The van der Waals surface area contributed by atoms with Gasteiger partial charge in [-0.3, -0.25) is 0 Å². The number of aliphatic hydroxyl groups is 1. The van der Waals surface area contributed by atoms with Gasteiger partial charge in [0.05, 0.1) is 11.0 Å². The molecular weight excluding hydrogens is 272 g/mol. The van der Waals surface area contributed by atoms with E-state index < -0.39 is 20.7 Å². The zero-order valence-electron chi connectivity index (χ0n) is 12.2. The lowest BCUT2D eigenvalue weighted by molar-refractivity contribution is 0.141. The maximum atomic E-state index is 12.9. The quantitative estimate of drug-likeness (QED) is 0.840. The summed E-state index contributed by atoms with van der Waals surface area (Å²) in [5.41, 5.74) is 0. The first-order chi connectivity index (χ1) is 9.50. The summed E-state index contributed by atoms with van der Waals surface area (Å²) in [5.74, 6) is 0.0829. The summed E-state index contributed by atoms with van der Waals surface area (Å²) in [6.45, 7) is 4.05. The van der Waals surface area contributed by atoms with Crippen LogP contribution in [0.4, 0.5) is 0 Å². The van der Waals surface area contributed by atoms with Crippen LogP contribution in [0.3, 0.4) is 0 Å². The zero-order chi connectivity index (χ0) is 14.8. The molecule has 20 heavy (non-hydrogen) atoms. The Bertz CT molecular complexity index is 538. The Morgan fingerprint density at radius 2 is 1.95 bits per heavy atom. The molecule has 1 saturated carbocycles. The second kappa shape index (κ2) is 5.86. The highest BCUT2D eigenvalue weighted by molar-refractivity contribution is 7.93. The van der Waals surface area contributed by atoms with Crippen molar-refractivity contribution >= 4 is 9.84 Å². The molecule has 3 nitrogen and oxygen atoms in total. The molecule has 1 N–H and O–H groups in total. The summed E-state index contributed by atoms with van der Waals surface area (Å²) in [4.78, 5) is 0.339. The molecule has 0 heterocycles. The number of benzene rings is 1. The molecule has 0 radical (unpaired) electrons. The third-order valence-electron chi connectivity index (χ3n) is 4.54. The minimum atomic E-state index is -3.47. The summed E-state index contributed by atoms with van der Waals surface area (Å²) < 4.78 is 24.9. The lowest BCUT2D eigenvalue weighted by Gasteiger charge is -2.24. The van der Waals surface area contributed by atoms with E-state index in [1.54, 1.807) is 24.3 Å². The van der Waals surface area contributed by atoms with Crippen LogP contribution in [0.15, 0.2) is 35.2 Å². The molecule has 3 atom stereocenters. The van der Waals surface area contributed by atoms with Gasteiger partial charge in [0.2, 0.25) is 0 Å². The molecule has 0 bridgehead atoms. The maximum absolute atomic E-state index is 12.9. The third kappa shape index (κ3) is 2.40. The van der Waals surface area contributed by atoms with Crippen molar-refractivity contribution in [3.63, 3.8) is 0 Å². The first-order valence-corrected chi connectivity index (χ1v) is 8.96. The predicted molar refractivity (Wildman–Crippen MR) is 80.3 cm³/mol. The standard InChI is InChI=1S/C16H24O3S/c1-3-5-11-15(17)16(12-13(16)4-2)20(18,19)14-9-7-6-8-10-14/h6-10,13,15,17H,3-5,11-12H2,1-2H3. The Hall–Kier alpha value is -0.870.